The highest BCUT2D eigenvalue weighted by atomic mass is 32.1. The molecular formula is C38H24N6O2S4. The van der Waals surface area contributed by atoms with Crippen molar-refractivity contribution in [1.82, 2.24) is 0 Å². The Morgan fingerprint density at radius 2 is 1.08 bits per heavy atom. The first-order chi connectivity index (χ1) is 24.0. The average molecular weight is 725 g/mol. The number of rotatable bonds is 4. The molecule has 0 radical (unpaired) electrons. The summed E-state index contributed by atoms with van der Waals surface area (Å²) in [6.45, 7) is 22.8. The van der Waals surface area contributed by atoms with E-state index in [4.69, 9.17) is 33.1 Å². The Kier molecular flexibility index (Phi) is 7.42. The van der Waals surface area contributed by atoms with Crippen LogP contribution in [0.2, 0.25) is 0 Å². The summed E-state index contributed by atoms with van der Waals surface area (Å²) in [5, 5.41) is 19.5. The third kappa shape index (κ3) is 5.26. The van der Waals surface area contributed by atoms with Crippen LogP contribution in [0.25, 0.3) is 40.3 Å². The Hall–Kier alpha value is -5.34. The van der Waals surface area contributed by atoms with E-state index in [9.17, 15) is 0 Å². The van der Waals surface area contributed by atoms with E-state index in [1.54, 1.807) is 22.7 Å². The number of amidine groups is 2. The number of fused-ring (bicyclic) bond motifs is 7. The zero-order chi connectivity index (χ0) is 34.9. The molecule has 0 aromatic carbocycles. The van der Waals surface area contributed by atoms with Gasteiger partial charge in [-0.05, 0) is 74.3 Å². The summed E-state index contributed by atoms with van der Waals surface area (Å²) >= 11 is 6.27. The first-order valence-corrected chi connectivity index (χ1v) is 18.7. The second-order valence-corrected chi connectivity index (χ2v) is 17.1. The minimum Gasteiger partial charge on any atom is -0.482 e. The molecule has 2 atom stereocenters. The van der Waals surface area contributed by atoms with Crippen LogP contribution < -0.4 is 9.47 Å². The van der Waals surface area contributed by atoms with Crippen LogP contribution >= 0.6 is 45.3 Å². The Labute approximate surface area is 304 Å². The van der Waals surface area contributed by atoms with Crippen LogP contribution in [0.1, 0.15) is 37.4 Å². The van der Waals surface area contributed by atoms with E-state index in [0.717, 1.165) is 40.8 Å². The Bertz CT molecular complexity index is 2310. The van der Waals surface area contributed by atoms with E-state index < -0.39 is 11.2 Å². The SMILES string of the molecule is [C-]#[N+]C(C#N)=Nc1ccc(-c2cc3c(s2)C2=CC4C=C5C(=CC4C=C2C(C)(C)O3)c2sc(-c3ccc(N=C(C#N)[N+]#[C-])s3)cc2OC5(C)C)s1. The van der Waals surface area contributed by atoms with Gasteiger partial charge in [-0.15, -0.1) is 22.7 Å². The molecule has 4 aromatic heterocycles. The predicted octanol–water partition coefficient (Wildman–Crippen LogP) is 11.1. The number of aliphatic imine (C=N–C) groups is 2. The highest BCUT2D eigenvalue weighted by Crippen LogP contribution is 2.58. The smallest absolute Gasteiger partial charge is 0.350 e. The van der Waals surface area contributed by atoms with Gasteiger partial charge in [0.2, 0.25) is 10.0 Å². The highest BCUT2D eigenvalue weighted by Gasteiger charge is 2.44. The number of nitrogens with zero attached hydrogens (tertiary/aromatic N) is 6. The number of thiophene rings is 4. The number of hydrogen-bond acceptors (Lipinski definition) is 10. The Morgan fingerprint density at radius 3 is 1.46 bits per heavy atom. The Balaban J connectivity index is 1.15. The van der Waals surface area contributed by atoms with Gasteiger partial charge in [0, 0.05) is 43.5 Å². The van der Waals surface area contributed by atoms with Crippen LogP contribution in [-0.2, 0) is 0 Å². The van der Waals surface area contributed by atoms with Crippen LogP contribution in [0.5, 0.6) is 11.5 Å². The maximum absolute atomic E-state index is 9.13. The van der Waals surface area contributed by atoms with Crippen molar-refractivity contribution in [2.75, 3.05) is 0 Å². The number of ether oxygens (including phenoxy) is 2. The summed E-state index contributed by atoms with van der Waals surface area (Å²) in [5.41, 5.74) is 3.64. The van der Waals surface area contributed by atoms with Gasteiger partial charge in [-0.1, -0.05) is 70.1 Å². The maximum Gasteiger partial charge on any atom is 0.350 e. The van der Waals surface area contributed by atoms with Crippen LogP contribution in [0.15, 0.2) is 81.8 Å². The van der Waals surface area contributed by atoms with Gasteiger partial charge in [-0.2, -0.15) is 0 Å². The normalized spacial score (nSPS) is 20.9. The average Bonchev–Trinajstić information content (AvgIpc) is 3.91. The fourth-order valence-electron chi connectivity index (χ4n) is 6.69. The van der Waals surface area contributed by atoms with Crippen LogP contribution in [0, 0.1) is 47.6 Å². The summed E-state index contributed by atoms with van der Waals surface area (Å²) in [4.78, 5) is 21.0. The molecule has 2 unspecified atom stereocenters. The molecular weight excluding hydrogens is 701 g/mol. The maximum atomic E-state index is 9.13. The van der Waals surface area contributed by atoms with E-state index >= 15 is 0 Å². The zero-order valence-electron chi connectivity index (χ0n) is 27.1. The molecule has 0 fully saturated rings. The zero-order valence-corrected chi connectivity index (χ0v) is 30.3. The molecule has 2 aliphatic carbocycles. The van der Waals surface area contributed by atoms with Gasteiger partial charge in [-0.3, -0.25) is 0 Å². The first-order valence-electron chi connectivity index (χ1n) is 15.5. The van der Waals surface area contributed by atoms with Crippen molar-refractivity contribution in [3.05, 3.63) is 104 Å². The van der Waals surface area contributed by atoms with Crippen molar-refractivity contribution in [3.63, 3.8) is 0 Å². The van der Waals surface area contributed by atoms with Gasteiger partial charge < -0.3 is 19.2 Å². The third-order valence-corrected chi connectivity index (χ3v) is 13.5. The van der Waals surface area contributed by atoms with Crippen LogP contribution in [0.4, 0.5) is 10.0 Å². The van der Waals surface area contributed by atoms with E-state index in [2.05, 4.69) is 83.8 Å². The summed E-state index contributed by atoms with van der Waals surface area (Å²) < 4.78 is 13.3. The lowest BCUT2D eigenvalue weighted by Gasteiger charge is -2.42. The molecule has 8 rings (SSSR count). The lowest BCUT2D eigenvalue weighted by Crippen LogP contribution is -2.39. The molecule has 0 bridgehead atoms. The fourth-order valence-corrected chi connectivity index (χ4v) is 10.9. The molecule has 4 aromatic rings. The van der Waals surface area contributed by atoms with E-state index in [1.807, 2.05) is 36.4 Å². The molecule has 242 valence electrons. The van der Waals surface area contributed by atoms with Crippen molar-refractivity contribution in [3.8, 4) is 43.1 Å². The molecule has 2 aliphatic heterocycles. The van der Waals surface area contributed by atoms with Gasteiger partial charge in [0.15, 0.2) is 0 Å². The number of nitriles is 2. The van der Waals surface area contributed by atoms with Crippen molar-refractivity contribution < 1.29 is 9.47 Å². The van der Waals surface area contributed by atoms with Crippen molar-refractivity contribution in [2.45, 2.75) is 38.9 Å². The largest absolute Gasteiger partial charge is 0.482 e. The lowest BCUT2D eigenvalue weighted by atomic mass is 9.70. The predicted molar refractivity (Wildman–Crippen MR) is 202 cm³/mol. The van der Waals surface area contributed by atoms with Gasteiger partial charge in [0.05, 0.1) is 9.75 Å². The molecule has 6 heterocycles. The van der Waals surface area contributed by atoms with Crippen molar-refractivity contribution in [1.29, 1.82) is 10.5 Å². The quantitative estimate of drug-likeness (QED) is 0.119. The van der Waals surface area contributed by atoms with Gasteiger partial charge in [-0.25, -0.2) is 10.5 Å². The molecule has 0 saturated carbocycles. The third-order valence-electron chi connectivity index (χ3n) is 8.89. The molecule has 0 amide bonds. The van der Waals surface area contributed by atoms with Crippen molar-refractivity contribution >= 4 is 78.2 Å². The first kappa shape index (κ1) is 31.9. The monoisotopic (exact) mass is 724 g/mol. The molecule has 12 heteroatoms. The van der Waals surface area contributed by atoms with E-state index in [-0.39, 0.29) is 23.5 Å². The minimum atomic E-state index is -0.541. The minimum absolute atomic E-state index is 0.138. The van der Waals surface area contributed by atoms with Crippen LogP contribution in [0.3, 0.4) is 0 Å². The summed E-state index contributed by atoms with van der Waals surface area (Å²) in [5.74, 6) is 1.63. The molecule has 0 spiro atoms. The second kappa shape index (κ2) is 11.6. The number of hydrogen-bond donors (Lipinski definition) is 0. The highest BCUT2D eigenvalue weighted by molar-refractivity contribution is 7.25. The number of allylic oxidation sites excluding steroid dienone is 4. The van der Waals surface area contributed by atoms with Crippen LogP contribution in [-0.4, -0.2) is 22.9 Å². The molecule has 4 aliphatic rings. The fraction of sp³-hybridized carbons (Fsp3) is 0.211. The Morgan fingerprint density at radius 1 is 0.660 bits per heavy atom. The van der Waals surface area contributed by atoms with E-state index in [1.165, 1.54) is 45.0 Å². The lowest BCUT2D eigenvalue weighted by molar-refractivity contribution is 0.145. The van der Waals surface area contributed by atoms with Gasteiger partial charge in [0.1, 0.15) is 34.8 Å². The summed E-state index contributed by atoms with van der Waals surface area (Å²) in [7, 11) is 0. The standard InChI is InChI=1S/C38H24N6O2S4/c1-37(2)23-13-19-12-22-24(38(3,4)46-26-16-30(50-36(22)26)28-8-10-34(48-28)44-32(18-40)42-6)14-20(19)11-21(23)35-25(45-37)15-29(49-35)27-7-9-33(47-27)43-31(17-39)41-5/h7-16,19-20H,1-4H3. The van der Waals surface area contributed by atoms with Gasteiger partial charge in [0.25, 0.3) is 0 Å². The second-order valence-electron chi connectivity index (χ2n) is 12.9. The topological polar surface area (TPSA) is 99.5 Å². The van der Waals surface area contributed by atoms with Crippen molar-refractivity contribution in [2.24, 2.45) is 21.8 Å². The summed E-state index contributed by atoms with van der Waals surface area (Å²) in [6, 6.07) is 15.5. The van der Waals surface area contributed by atoms with Gasteiger partial charge >= 0.3 is 11.7 Å². The molecule has 0 N–H and O–H groups in total. The molecule has 50 heavy (non-hydrogen) atoms. The molecule has 0 saturated heterocycles. The van der Waals surface area contributed by atoms with E-state index in [0.29, 0.717) is 10.0 Å². The molecule has 8 nitrogen and oxygen atoms in total. The summed E-state index contributed by atoms with van der Waals surface area (Å²) in [6.07, 6.45) is 9.53.